The maximum absolute atomic E-state index is 12.4. The largest absolute Gasteiger partial charge is 0.462 e. The number of carbonyl (C=O) groups is 3. The van der Waals surface area contributed by atoms with E-state index in [1.807, 2.05) is 0 Å². The molecule has 0 unspecified atom stereocenters. The first kappa shape index (κ1) is 19.8. The van der Waals surface area contributed by atoms with Crippen molar-refractivity contribution in [3.63, 3.8) is 0 Å². The molecule has 8 heteroatoms. The fourth-order valence-corrected chi connectivity index (χ4v) is 2.49. The zero-order valence-electron chi connectivity index (χ0n) is 15.9. The van der Waals surface area contributed by atoms with Crippen LogP contribution in [0.4, 0.5) is 11.5 Å². The lowest BCUT2D eigenvalue weighted by Crippen LogP contribution is -2.14. The van der Waals surface area contributed by atoms with E-state index in [1.54, 1.807) is 68.4 Å². The smallest absolute Gasteiger partial charge is 0.338 e. The number of nitrogens with zero attached hydrogens (tertiary/aromatic N) is 1. The lowest BCUT2D eigenvalue weighted by Gasteiger charge is -2.07. The van der Waals surface area contributed by atoms with E-state index in [4.69, 9.17) is 9.26 Å². The molecule has 0 saturated carbocycles. The third-order valence-corrected chi connectivity index (χ3v) is 3.93. The number of amides is 2. The molecule has 0 saturated heterocycles. The van der Waals surface area contributed by atoms with Gasteiger partial charge in [-0.3, -0.25) is 9.59 Å². The molecule has 0 bridgehead atoms. The van der Waals surface area contributed by atoms with Gasteiger partial charge in [-0.2, -0.15) is 0 Å². The van der Waals surface area contributed by atoms with E-state index in [2.05, 4.69) is 15.8 Å². The second-order valence-corrected chi connectivity index (χ2v) is 6.11. The van der Waals surface area contributed by atoms with Crippen molar-refractivity contribution in [1.29, 1.82) is 0 Å². The second-order valence-electron chi connectivity index (χ2n) is 6.11. The van der Waals surface area contributed by atoms with Crippen LogP contribution in [0.2, 0.25) is 0 Å². The molecule has 2 amide bonds. The standard InChI is InChI=1S/C21H19N3O5/c1-3-28-21(27)16-8-10-17(11-9-16)22-19(25)14-4-6-15(7-5-14)20(26)23-18-12-13(2)29-24-18/h4-12H,3H2,1-2H3,(H,22,25)(H,23,24,26). The topological polar surface area (TPSA) is 111 Å². The van der Waals surface area contributed by atoms with Crippen LogP contribution >= 0.6 is 0 Å². The molecule has 0 radical (unpaired) electrons. The van der Waals surface area contributed by atoms with Crippen LogP contribution in [0.5, 0.6) is 0 Å². The third-order valence-electron chi connectivity index (χ3n) is 3.93. The van der Waals surface area contributed by atoms with Crippen LogP contribution in [0.3, 0.4) is 0 Å². The molecule has 2 aromatic carbocycles. The summed E-state index contributed by atoms with van der Waals surface area (Å²) in [5, 5.41) is 9.04. The Kier molecular flexibility index (Phi) is 6.03. The van der Waals surface area contributed by atoms with Gasteiger partial charge in [0.25, 0.3) is 11.8 Å². The van der Waals surface area contributed by atoms with Crippen LogP contribution in [0.25, 0.3) is 0 Å². The number of carbonyl (C=O) groups excluding carboxylic acids is 3. The highest BCUT2D eigenvalue weighted by molar-refractivity contribution is 6.07. The predicted octanol–water partition coefficient (Wildman–Crippen LogP) is 3.66. The predicted molar refractivity (Wildman–Crippen MR) is 106 cm³/mol. The number of anilines is 2. The Balaban J connectivity index is 1.61. The van der Waals surface area contributed by atoms with Crippen molar-refractivity contribution in [2.45, 2.75) is 13.8 Å². The molecule has 0 aliphatic heterocycles. The molecule has 0 aliphatic rings. The summed E-state index contributed by atoms with van der Waals surface area (Å²) in [6.45, 7) is 3.75. The molecule has 0 fully saturated rings. The summed E-state index contributed by atoms with van der Waals surface area (Å²) in [5.41, 5.74) is 1.70. The van der Waals surface area contributed by atoms with Gasteiger partial charge in [-0.25, -0.2) is 4.79 Å². The molecule has 0 atom stereocenters. The van der Waals surface area contributed by atoms with Crippen molar-refractivity contribution in [3.05, 3.63) is 77.0 Å². The van der Waals surface area contributed by atoms with E-state index < -0.39 is 5.97 Å². The third kappa shape index (κ3) is 5.07. The normalized spacial score (nSPS) is 10.3. The van der Waals surface area contributed by atoms with Crippen LogP contribution in [0.1, 0.15) is 43.8 Å². The Labute approximate surface area is 166 Å². The molecule has 3 rings (SSSR count). The number of esters is 1. The van der Waals surface area contributed by atoms with E-state index in [-0.39, 0.29) is 11.8 Å². The van der Waals surface area contributed by atoms with Gasteiger partial charge in [0.2, 0.25) is 0 Å². The fourth-order valence-electron chi connectivity index (χ4n) is 2.49. The van der Waals surface area contributed by atoms with Crippen LogP contribution < -0.4 is 10.6 Å². The summed E-state index contributed by atoms with van der Waals surface area (Å²) in [7, 11) is 0. The molecule has 0 aliphatic carbocycles. The van der Waals surface area contributed by atoms with Crippen LogP contribution in [0.15, 0.2) is 59.1 Å². The monoisotopic (exact) mass is 393 g/mol. The zero-order chi connectivity index (χ0) is 20.8. The van der Waals surface area contributed by atoms with Gasteiger partial charge in [0.1, 0.15) is 5.76 Å². The summed E-state index contributed by atoms with van der Waals surface area (Å²) in [6, 6.07) is 14.2. The molecular weight excluding hydrogens is 374 g/mol. The number of rotatable bonds is 6. The van der Waals surface area contributed by atoms with Crippen molar-refractivity contribution in [3.8, 4) is 0 Å². The molecule has 8 nitrogen and oxygen atoms in total. The highest BCUT2D eigenvalue weighted by Crippen LogP contribution is 2.14. The van der Waals surface area contributed by atoms with Gasteiger partial charge < -0.3 is 19.9 Å². The van der Waals surface area contributed by atoms with E-state index >= 15 is 0 Å². The van der Waals surface area contributed by atoms with Gasteiger partial charge in [-0.15, -0.1) is 0 Å². The average molecular weight is 393 g/mol. The van der Waals surface area contributed by atoms with Crippen LogP contribution in [-0.4, -0.2) is 29.5 Å². The van der Waals surface area contributed by atoms with Crippen molar-refractivity contribution in [1.82, 2.24) is 5.16 Å². The van der Waals surface area contributed by atoms with Crippen LogP contribution in [-0.2, 0) is 4.74 Å². The molecule has 2 N–H and O–H groups in total. The Morgan fingerprint density at radius 1 is 0.897 bits per heavy atom. The van der Waals surface area contributed by atoms with Gasteiger partial charge >= 0.3 is 5.97 Å². The number of nitrogens with one attached hydrogen (secondary N) is 2. The molecule has 1 heterocycles. The second kappa shape index (κ2) is 8.83. The van der Waals surface area contributed by atoms with Gasteiger partial charge in [-0.1, -0.05) is 5.16 Å². The Bertz CT molecular complexity index is 1020. The first-order valence-electron chi connectivity index (χ1n) is 8.89. The summed E-state index contributed by atoms with van der Waals surface area (Å²) < 4.78 is 9.82. The van der Waals surface area contributed by atoms with Crippen molar-refractivity contribution in [2.24, 2.45) is 0 Å². The van der Waals surface area contributed by atoms with E-state index in [0.29, 0.717) is 40.6 Å². The van der Waals surface area contributed by atoms with Gasteiger partial charge in [0.05, 0.1) is 12.2 Å². The van der Waals surface area contributed by atoms with Gasteiger partial charge in [0, 0.05) is 22.9 Å². The number of hydrogen-bond donors (Lipinski definition) is 2. The summed E-state index contributed by atoms with van der Waals surface area (Å²) >= 11 is 0. The fraction of sp³-hybridized carbons (Fsp3) is 0.143. The van der Waals surface area contributed by atoms with Crippen molar-refractivity contribution in [2.75, 3.05) is 17.2 Å². The molecule has 0 spiro atoms. The zero-order valence-corrected chi connectivity index (χ0v) is 15.9. The maximum Gasteiger partial charge on any atom is 0.338 e. The minimum absolute atomic E-state index is 0.295. The molecule has 1 aromatic heterocycles. The van der Waals surface area contributed by atoms with Crippen LogP contribution in [0, 0.1) is 6.92 Å². The van der Waals surface area contributed by atoms with Crippen molar-refractivity contribution >= 4 is 29.3 Å². The molecule has 148 valence electrons. The van der Waals surface area contributed by atoms with Gasteiger partial charge in [-0.05, 0) is 62.4 Å². The maximum atomic E-state index is 12.4. The number of benzene rings is 2. The Morgan fingerprint density at radius 2 is 1.45 bits per heavy atom. The number of ether oxygens (including phenoxy) is 1. The van der Waals surface area contributed by atoms with E-state index in [9.17, 15) is 14.4 Å². The number of aryl methyl sites for hydroxylation is 1. The Hall–Kier alpha value is -3.94. The van der Waals surface area contributed by atoms with Gasteiger partial charge in [0.15, 0.2) is 5.82 Å². The number of aromatic nitrogens is 1. The lowest BCUT2D eigenvalue weighted by atomic mass is 10.1. The first-order chi connectivity index (χ1) is 14.0. The highest BCUT2D eigenvalue weighted by Gasteiger charge is 2.12. The first-order valence-corrected chi connectivity index (χ1v) is 8.89. The molecule has 3 aromatic rings. The molecule has 29 heavy (non-hydrogen) atoms. The number of hydrogen-bond acceptors (Lipinski definition) is 6. The van der Waals surface area contributed by atoms with Crippen molar-refractivity contribution < 1.29 is 23.6 Å². The highest BCUT2D eigenvalue weighted by atomic mass is 16.5. The lowest BCUT2D eigenvalue weighted by molar-refractivity contribution is 0.0526. The SMILES string of the molecule is CCOC(=O)c1ccc(NC(=O)c2ccc(C(=O)Nc3cc(C)on3)cc2)cc1. The summed E-state index contributed by atoms with van der Waals surface area (Å²) in [5.74, 6) is -0.212. The Morgan fingerprint density at radius 3 is 1.97 bits per heavy atom. The van der Waals surface area contributed by atoms with E-state index in [1.165, 1.54) is 0 Å². The molecular formula is C21H19N3O5. The summed E-state index contributed by atoms with van der Waals surface area (Å²) in [4.78, 5) is 36.2. The quantitative estimate of drug-likeness (QED) is 0.618. The minimum Gasteiger partial charge on any atom is -0.462 e. The van der Waals surface area contributed by atoms with E-state index in [0.717, 1.165) is 0 Å². The summed E-state index contributed by atoms with van der Waals surface area (Å²) in [6.07, 6.45) is 0. The minimum atomic E-state index is -0.417. The average Bonchev–Trinajstić information content (AvgIpc) is 3.13.